The van der Waals surface area contributed by atoms with E-state index in [1.54, 1.807) is 13.3 Å². The molecule has 0 aromatic carbocycles. The predicted octanol–water partition coefficient (Wildman–Crippen LogP) is 2.28. The van der Waals surface area contributed by atoms with Gasteiger partial charge in [-0.3, -0.25) is 9.88 Å². The molecule has 1 aliphatic heterocycles. The van der Waals surface area contributed by atoms with Crippen LogP contribution in [-0.4, -0.2) is 53.4 Å². The average molecular weight is 359 g/mol. The summed E-state index contributed by atoms with van der Waals surface area (Å²) in [5.74, 6) is 0.735. The third-order valence-electron chi connectivity index (χ3n) is 3.74. The van der Waals surface area contributed by atoms with Crippen molar-refractivity contribution >= 4 is 16.5 Å². The van der Waals surface area contributed by atoms with Crippen molar-refractivity contribution in [2.45, 2.75) is 12.7 Å². The molecule has 24 heavy (non-hydrogen) atoms. The molecule has 1 aliphatic rings. The van der Waals surface area contributed by atoms with Gasteiger partial charge in [0, 0.05) is 38.9 Å². The molecule has 3 heterocycles. The number of aromatic nitrogens is 3. The first-order valence-corrected chi connectivity index (χ1v) is 8.15. The molecule has 3 rings (SSSR count). The second kappa shape index (κ2) is 6.89. The maximum atomic E-state index is 12.6. The first kappa shape index (κ1) is 16.9. The van der Waals surface area contributed by atoms with Crippen LogP contribution in [0.1, 0.15) is 10.7 Å². The number of ether oxygens (including phenoxy) is 1. The molecule has 2 aromatic rings. The van der Waals surface area contributed by atoms with Crippen LogP contribution < -0.4 is 9.64 Å². The van der Waals surface area contributed by atoms with Crippen LogP contribution in [0, 0.1) is 0 Å². The zero-order valence-corrected chi connectivity index (χ0v) is 13.8. The summed E-state index contributed by atoms with van der Waals surface area (Å²) in [7, 11) is 1.60. The molecule has 0 saturated carbocycles. The minimum Gasteiger partial charge on any atom is -0.495 e. The molecule has 0 spiro atoms. The van der Waals surface area contributed by atoms with Crippen molar-refractivity contribution in [3.8, 4) is 5.75 Å². The van der Waals surface area contributed by atoms with E-state index in [1.165, 1.54) is 0 Å². The lowest BCUT2D eigenvalue weighted by atomic mass is 10.2. The van der Waals surface area contributed by atoms with Crippen LogP contribution in [0.4, 0.5) is 18.3 Å². The van der Waals surface area contributed by atoms with E-state index >= 15 is 0 Å². The number of anilines is 1. The summed E-state index contributed by atoms with van der Waals surface area (Å²) in [5, 5.41) is 6.31. The normalized spacial score (nSPS) is 16.4. The van der Waals surface area contributed by atoms with E-state index in [0.717, 1.165) is 11.4 Å². The molecule has 0 amide bonds. The summed E-state index contributed by atoms with van der Waals surface area (Å²) >= 11 is 0.585. The molecule has 10 heteroatoms. The van der Waals surface area contributed by atoms with Crippen LogP contribution in [0.25, 0.3) is 0 Å². The number of hydrogen-bond donors (Lipinski definition) is 0. The number of rotatable bonds is 4. The van der Waals surface area contributed by atoms with Crippen molar-refractivity contribution in [2.75, 3.05) is 38.2 Å². The van der Waals surface area contributed by atoms with Gasteiger partial charge in [-0.2, -0.15) is 13.2 Å². The number of hydrogen-bond acceptors (Lipinski definition) is 7. The summed E-state index contributed by atoms with van der Waals surface area (Å²) in [6.45, 7) is 3.26. The van der Waals surface area contributed by atoms with Crippen molar-refractivity contribution in [3.63, 3.8) is 0 Å². The van der Waals surface area contributed by atoms with Crippen LogP contribution in [-0.2, 0) is 12.7 Å². The van der Waals surface area contributed by atoms with Crippen molar-refractivity contribution in [1.29, 1.82) is 0 Å². The summed E-state index contributed by atoms with van der Waals surface area (Å²) in [6.07, 6.45) is -2.72. The number of pyridine rings is 1. The molecule has 0 bridgehead atoms. The van der Waals surface area contributed by atoms with E-state index in [4.69, 9.17) is 4.74 Å². The molecule has 0 N–H and O–H groups in total. The topological polar surface area (TPSA) is 54.4 Å². The molecule has 2 aromatic heterocycles. The highest BCUT2D eigenvalue weighted by atomic mass is 32.1. The van der Waals surface area contributed by atoms with E-state index < -0.39 is 11.2 Å². The van der Waals surface area contributed by atoms with Gasteiger partial charge in [0.05, 0.1) is 12.8 Å². The van der Waals surface area contributed by atoms with Gasteiger partial charge in [0.1, 0.15) is 5.75 Å². The van der Waals surface area contributed by atoms with Gasteiger partial charge in [0.25, 0.3) is 0 Å². The van der Waals surface area contributed by atoms with Crippen LogP contribution in [0.2, 0.25) is 0 Å². The van der Waals surface area contributed by atoms with Crippen LogP contribution in [0.3, 0.4) is 0 Å². The summed E-state index contributed by atoms with van der Waals surface area (Å²) in [4.78, 5) is 8.35. The maximum absolute atomic E-state index is 12.6. The summed E-state index contributed by atoms with van der Waals surface area (Å²) in [6, 6.07) is 3.67. The second-order valence-corrected chi connectivity index (χ2v) is 6.26. The van der Waals surface area contributed by atoms with Gasteiger partial charge in [-0.25, -0.2) is 0 Å². The van der Waals surface area contributed by atoms with Crippen molar-refractivity contribution < 1.29 is 17.9 Å². The Bertz CT molecular complexity index is 685. The van der Waals surface area contributed by atoms with Gasteiger partial charge in [-0.05, 0) is 12.1 Å². The molecule has 0 aliphatic carbocycles. The van der Waals surface area contributed by atoms with Gasteiger partial charge in [-0.15, -0.1) is 10.2 Å². The smallest absolute Gasteiger partial charge is 0.445 e. The Kier molecular flexibility index (Phi) is 4.86. The lowest BCUT2D eigenvalue weighted by Crippen LogP contribution is -2.46. The SMILES string of the molecule is COc1cccnc1CN1CCN(c2nnc(C(F)(F)F)s2)CC1. The van der Waals surface area contributed by atoms with E-state index in [-0.39, 0.29) is 0 Å². The van der Waals surface area contributed by atoms with Gasteiger partial charge in [0.15, 0.2) is 0 Å². The third kappa shape index (κ3) is 3.75. The number of halogens is 3. The number of nitrogens with zero attached hydrogens (tertiary/aromatic N) is 5. The molecule has 0 atom stereocenters. The zero-order valence-electron chi connectivity index (χ0n) is 13.0. The Morgan fingerprint density at radius 3 is 2.58 bits per heavy atom. The standard InChI is InChI=1S/C14H16F3N5OS/c1-23-11-3-2-4-18-10(11)9-21-5-7-22(8-6-21)13-20-19-12(24-13)14(15,16)17/h2-4H,5-9H2,1H3. The van der Waals surface area contributed by atoms with Crippen molar-refractivity contribution in [3.05, 3.63) is 29.0 Å². The Labute approximate surface area is 140 Å². The average Bonchev–Trinajstić information content (AvgIpc) is 3.06. The van der Waals surface area contributed by atoms with Crippen LogP contribution in [0.15, 0.2) is 18.3 Å². The van der Waals surface area contributed by atoms with Crippen LogP contribution in [0.5, 0.6) is 5.75 Å². The molecule has 130 valence electrons. The molecule has 1 saturated heterocycles. The molecular weight excluding hydrogens is 343 g/mol. The van der Waals surface area contributed by atoms with Gasteiger partial charge >= 0.3 is 6.18 Å². The number of piperazine rings is 1. The first-order valence-electron chi connectivity index (χ1n) is 7.33. The zero-order chi connectivity index (χ0) is 17.2. The van der Waals surface area contributed by atoms with Gasteiger partial charge in [0.2, 0.25) is 10.1 Å². The Morgan fingerprint density at radius 2 is 1.96 bits per heavy atom. The molecule has 6 nitrogen and oxygen atoms in total. The van der Waals surface area contributed by atoms with E-state index in [9.17, 15) is 13.2 Å². The molecule has 0 radical (unpaired) electrons. The predicted molar refractivity (Wildman–Crippen MR) is 83.2 cm³/mol. The van der Waals surface area contributed by atoms with Crippen LogP contribution >= 0.6 is 11.3 Å². The van der Waals surface area contributed by atoms with E-state index in [1.807, 2.05) is 17.0 Å². The third-order valence-corrected chi connectivity index (χ3v) is 4.77. The minimum absolute atomic E-state index is 0.317. The van der Waals surface area contributed by atoms with E-state index in [2.05, 4.69) is 20.1 Å². The van der Waals surface area contributed by atoms with E-state index in [0.29, 0.717) is 49.2 Å². The number of alkyl halides is 3. The fourth-order valence-corrected chi connectivity index (χ4v) is 3.26. The lowest BCUT2D eigenvalue weighted by molar-refractivity contribution is -0.138. The second-order valence-electron chi connectivity index (χ2n) is 5.30. The minimum atomic E-state index is -4.44. The fourth-order valence-electron chi connectivity index (χ4n) is 2.49. The lowest BCUT2D eigenvalue weighted by Gasteiger charge is -2.34. The summed E-state index contributed by atoms with van der Waals surface area (Å²) in [5.41, 5.74) is 0.851. The summed E-state index contributed by atoms with van der Waals surface area (Å²) < 4.78 is 43.1. The largest absolute Gasteiger partial charge is 0.495 e. The highest BCUT2D eigenvalue weighted by Gasteiger charge is 2.36. The highest BCUT2D eigenvalue weighted by Crippen LogP contribution is 2.34. The Balaban J connectivity index is 1.59. The first-order chi connectivity index (χ1) is 11.5. The highest BCUT2D eigenvalue weighted by molar-refractivity contribution is 7.15. The maximum Gasteiger partial charge on any atom is 0.445 e. The van der Waals surface area contributed by atoms with Crippen molar-refractivity contribution in [2.24, 2.45) is 0 Å². The number of methoxy groups -OCH3 is 1. The quantitative estimate of drug-likeness (QED) is 0.835. The van der Waals surface area contributed by atoms with Crippen molar-refractivity contribution in [1.82, 2.24) is 20.1 Å². The monoisotopic (exact) mass is 359 g/mol. The van der Waals surface area contributed by atoms with Gasteiger partial charge < -0.3 is 9.64 Å². The molecule has 0 unspecified atom stereocenters. The molecule has 1 fully saturated rings. The Morgan fingerprint density at radius 1 is 1.21 bits per heavy atom. The molecular formula is C14H16F3N5OS. The Hall–Kier alpha value is -1.94. The van der Waals surface area contributed by atoms with Gasteiger partial charge in [-0.1, -0.05) is 11.3 Å². The fraction of sp³-hybridized carbons (Fsp3) is 0.500.